The molecule has 0 amide bonds. The van der Waals surface area contributed by atoms with Gasteiger partial charge in [-0.2, -0.15) is 0 Å². The molecular weight excluding hydrogens is 260 g/mol. The van der Waals surface area contributed by atoms with Crippen molar-refractivity contribution in [3.8, 4) is 0 Å². The molecule has 0 saturated carbocycles. The second kappa shape index (κ2) is 4.17. The summed E-state index contributed by atoms with van der Waals surface area (Å²) in [7, 11) is -3.49. The molecule has 1 aromatic rings. The summed E-state index contributed by atoms with van der Waals surface area (Å²) in [5.74, 6) is -0.219. The van der Waals surface area contributed by atoms with Gasteiger partial charge in [0, 0.05) is 16.7 Å². The lowest BCUT2D eigenvalue weighted by Crippen LogP contribution is -2.29. The number of ketones is 1. The summed E-state index contributed by atoms with van der Waals surface area (Å²) in [5, 5.41) is 0. The molecule has 0 aromatic heterocycles. The topological polar surface area (TPSA) is 51.2 Å². The minimum Gasteiger partial charge on any atom is -0.289 e. The van der Waals surface area contributed by atoms with Crippen molar-refractivity contribution < 1.29 is 13.2 Å². The number of carbonyl (C=O) groups is 1. The Bertz CT molecular complexity index is 701. The highest BCUT2D eigenvalue weighted by molar-refractivity contribution is 7.92. The molecule has 0 N–H and O–H groups in total. The Morgan fingerprint density at radius 3 is 2.32 bits per heavy atom. The van der Waals surface area contributed by atoms with E-state index in [1.165, 1.54) is 0 Å². The van der Waals surface area contributed by atoms with E-state index < -0.39 is 14.6 Å². The summed E-state index contributed by atoms with van der Waals surface area (Å²) in [6.45, 7) is 8.59. The lowest BCUT2D eigenvalue weighted by Gasteiger charge is -2.22. The van der Waals surface area contributed by atoms with Gasteiger partial charge in [0.1, 0.15) is 0 Å². The van der Waals surface area contributed by atoms with E-state index in [0.717, 1.165) is 0 Å². The SMILES string of the molecule is C=C1C=Cc2c(cccc2S(=O)(=O)C(C)(C)C)C1=O. The van der Waals surface area contributed by atoms with E-state index in [0.29, 0.717) is 16.7 Å². The summed E-state index contributed by atoms with van der Waals surface area (Å²) < 4.78 is 24.2. The van der Waals surface area contributed by atoms with Crippen LogP contribution in [0, 0.1) is 0 Å². The quantitative estimate of drug-likeness (QED) is 0.741. The van der Waals surface area contributed by atoms with Gasteiger partial charge in [0.25, 0.3) is 0 Å². The van der Waals surface area contributed by atoms with Crippen LogP contribution in [0.15, 0.2) is 41.3 Å². The Balaban J connectivity index is 2.77. The molecule has 1 aliphatic rings. The Hall–Kier alpha value is -1.68. The molecule has 0 radical (unpaired) electrons. The number of rotatable bonds is 1. The highest BCUT2D eigenvalue weighted by Gasteiger charge is 2.34. The van der Waals surface area contributed by atoms with Crippen LogP contribution in [0.5, 0.6) is 0 Å². The van der Waals surface area contributed by atoms with Crippen LogP contribution in [0.3, 0.4) is 0 Å². The van der Waals surface area contributed by atoms with Crippen molar-refractivity contribution in [3.63, 3.8) is 0 Å². The average Bonchev–Trinajstić information content (AvgIpc) is 2.32. The molecule has 0 aliphatic heterocycles. The van der Waals surface area contributed by atoms with Gasteiger partial charge in [-0.25, -0.2) is 8.42 Å². The van der Waals surface area contributed by atoms with Gasteiger partial charge in [-0.05, 0) is 26.8 Å². The van der Waals surface area contributed by atoms with Gasteiger partial charge in [0.2, 0.25) is 0 Å². The molecule has 0 spiro atoms. The molecule has 0 heterocycles. The maximum absolute atomic E-state index is 12.5. The van der Waals surface area contributed by atoms with Crippen molar-refractivity contribution in [1.29, 1.82) is 0 Å². The largest absolute Gasteiger partial charge is 0.289 e. The summed E-state index contributed by atoms with van der Waals surface area (Å²) in [6, 6.07) is 4.78. The van der Waals surface area contributed by atoms with Gasteiger partial charge in [0.05, 0.1) is 9.64 Å². The van der Waals surface area contributed by atoms with E-state index in [-0.39, 0.29) is 10.7 Å². The lowest BCUT2D eigenvalue weighted by atomic mass is 9.93. The molecule has 2 rings (SSSR count). The minimum atomic E-state index is -3.49. The fourth-order valence-corrected chi connectivity index (χ4v) is 3.30. The standard InChI is InChI=1S/C15H16O3S/c1-10-8-9-11-12(14(10)16)6-5-7-13(11)19(17,18)15(2,3)4/h5-9H,1H2,2-4H3. The minimum absolute atomic E-state index is 0.203. The summed E-state index contributed by atoms with van der Waals surface area (Å²) in [4.78, 5) is 12.2. The van der Waals surface area contributed by atoms with E-state index in [1.54, 1.807) is 51.1 Å². The number of allylic oxidation sites excluding steroid dienone is 2. The third-order valence-electron chi connectivity index (χ3n) is 3.15. The summed E-state index contributed by atoms with van der Waals surface area (Å²) in [6.07, 6.45) is 3.21. The first-order valence-electron chi connectivity index (χ1n) is 5.95. The zero-order chi connectivity index (χ0) is 14.4. The van der Waals surface area contributed by atoms with Crippen LogP contribution in [-0.4, -0.2) is 18.9 Å². The predicted octanol–water partition coefficient (Wildman–Crippen LogP) is 3.02. The van der Waals surface area contributed by atoms with Crippen molar-refractivity contribution in [2.75, 3.05) is 0 Å². The smallest absolute Gasteiger partial charge is 0.193 e. The van der Waals surface area contributed by atoms with E-state index >= 15 is 0 Å². The van der Waals surface area contributed by atoms with Crippen molar-refractivity contribution in [2.45, 2.75) is 30.4 Å². The highest BCUT2D eigenvalue weighted by Crippen LogP contribution is 2.32. The van der Waals surface area contributed by atoms with Crippen molar-refractivity contribution >= 4 is 21.7 Å². The Morgan fingerprint density at radius 1 is 1.11 bits per heavy atom. The number of hydrogen-bond donors (Lipinski definition) is 0. The number of fused-ring (bicyclic) bond motifs is 1. The van der Waals surface area contributed by atoms with Crippen LogP contribution >= 0.6 is 0 Å². The van der Waals surface area contributed by atoms with Gasteiger partial charge in [-0.3, -0.25) is 4.79 Å². The van der Waals surface area contributed by atoms with Crippen LogP contribution in [0.25, 0.3) is 6.08 Å². The van der Waals surface area contributed by atoms with Crippen molar-refractivity contribution in [1.82, 2.24) is 0 Å². The second-order valence-electron chi connectivity index (χ2n) is 5.52. The van der Waals surface area contributed by atoms with Crippen LogP contribution in [0.2, 0.25) is 0 Å². The van der Waals surface area contributed by atoms with Gasteiger partial charge in [-0.1, -0.05) is 30.9 Å². The molecule has 19 heavy (non-hydrogen) atoms. The highest BCUT2D eigenvalue weighted by atomic mass is 32.2. The zero-order valence-corrected chi connectivity index (χ0v) is 12.0. The van der Waals surface area contributed by atoms with Gasteiger partial charge in [0.15, 0.2) is 15.6 Å². The van der Waals surface area contributed by atoms with Gasteiger partial charge < -0.3 is 0 Å². The molecule has 1 aliphatic carbocycles. The Kier molecular flexibility index (Phi) is 3.01. The normalized spacial score (nSPS) is 15.5. The van der Waals surface area contributed by atoms with E-state index in [9.17, 15) is 13.2 Å². The third kappa shape index (κ3) is 2.06. The predicted molar refractivity (Wildman–Crippen MR) is 75.9 cm³/mol. The molecule has 4 heteroatoms. The van der Waals surface area contributed by atoms with E-state index in [2.05, 4.69) is 6.58 Å². The number of Topliss-reactive ketones (excluding diaryl/α,β-unsaturated/α-hetero) is 1. The number of benzene rings is 1. The van der Waals surface area contributed by atoms with Gasteiger partial charge >= 0.3 is 0 Å². The molecule has 100 valence electrons. The number of carbonyl (C=O) groups excluding carboxylic acids is 1. The van der Waals surface area contributed by atoms with Gasteiger partial charge in [-0.15, -0.1) is 0 Å². The lowest BCUT2D eigenvalue weighted by molar-refractivity contribution is 0.103. The van der Waals surface area contributed by atoms with Crippen LogP contribution < -0.4 is 0 Å². The number of hydrogen-bond acceptors (Lipinski definition) is 3. The first-order chi connectivity index (χ1) is 8.66. The first kappa shape index (κ1) is 13.7. The fourth-order valence-electron chi connectivity index (χ4n) is 1.91. The maximum atomic E-state index is 12.5. The Labute approximate surface area is 113 Å². The monoisotopic (exact) mass is 276 g/mol. The molecule has 0 fully saturated rings. The molecule has 3 nitrogen and oxygen atoms in total. The average molecular weight is 276 g/mol. The molecule has 0 saturated heterocycles. The first-order valence-corrected chi connectivity index (χ1v) is 7.44. The van der Waals surface area contributed by atoms with E-state index in [1.807, 2.05) is 0 Å². The van der Waals surface area contributed by atoms with Crippen LogP contribution in [-0.2, 0) is 9.84 Å². The Morgan fingerprint density at radius 2 is 1.74 bits per heavy atom. The number of sulfone groups is 1. The molecule has 0 unspecified atom stereocenters. The molecule has 1 aromatic carbocycles. The van der Waals surface area contributed by atoms with Crippen molar-refractivity contribution in [2.24, 2.45) is 0 Å². The fraction of sp³-hybridized carbons (Fsp3) is 0.267. The van der Waals surface area contributed by atoms with Crippen molar-refractivity contribution in [3.05, 3.63) is 47.6 Å². The second-order valence-corrected chi connectivity index (χ2v) is 8.19. The summed E-state index contributed by atoms with van der Waals surface area (Å²) in [5.41, 5.74) is 1.24. The van der Waals surface area contributed by atoms with Crippen LogP contribution in [0.4, 0.5) is 0 Å². The molecule has 0 bridgehead atoms. The zero-order valence-electron chi connectivity index (χ0n) is 11.2. The summed E-state index contributed by atoms with van der Waals surface area (Å²) >= 11 is 0. The molecule has 0 atom stereocenters. The molecular formula is C15H16O3S. The van der Waals surface area contributed by atoms with Crippen LogP contribution in [0.1, 0.15) is 36.7 Å². The van der Waals surface area contributed by atoms with E-state index in [4.69, 9.17) is 0 Å². The maximum Gasteiger partial charge on any atom is 0.193 e. The third-order valence-corrected chi connectivity index (χ3v) is 5.70.